The van der Waals surface area contributed by atoms with Gasteiger partial charge >= 0.3 is 7.32 Å². The largest absolute Gasteiger partial charge is 0.639 e. The molecule has 0 aliphatic heterocycles. The van der Waals surface area contributed by atoms with Crippen LogP contribution in [-0.4, -0.2) is 28.1 Å². The first-order valence-electron chi connectivity index (χ1n) is 10.9. The summed E-state index contributed by atoms with van der Waals surface area (Å²) in [5, 5.41) is 0. The van der Waals surface area contributed by atoms with Gasteiger partial charge in [-0.3, -0.25) is 0 Å². The second-order valence-electron chi connectivity index (χ2n) is 7.25. The third-order valence-electron chi connectivity index (χ3n) is 4.84. The zero-order valence-electron chi connectivity index (χ0n) is 18.6. The van der Waals surface area contributed by atoms with Crippen LogP contribution >= 0.6 is 0 Å². The monoisotopic (exact) mass is 414 g/mol. The Bertz CT molecular complexity index is 624. The van der Waals surface area contributed by atoms with E-state index < -0.39 is 7.32 Å². The topological polar surface area (TPSA) is 46.2 Å². The summed E-state index contributed by atoms with van der Waals surface area (Å²) in [6, 6.07) is 15.6. The minimum absolute atomic E-state index is 0.410. The molecule has 0 radical (unpaired) electrons. The normalized spacial score (nSPS) is 10.8. The second kappa shape index (κ2) is 14.9. The van der Waals surface area contributed by atoms with E-state index in [2.05, 4.69) is 6.92 Å². The van der Waals surface area contributed by atoms with Crippen molar-refractivity contribution < 1.29 is 23.4 Å². The molecule has 164 valence electrons. The van der Waals surface area contributed by atoms with Crippen LogP contribution in [0.1, 0.15) is 56.6 Å². The zero-order valence-corrected chi connectivity index (χ0v) is 18.6. The van der Waals surface area contributed by atoms with Gasteiger partial charge in [0.2, 0.25) is 0 Å². The average Bonchev–Trinajstić information content (AvgIpc) is 2.80. The summed E-state index contributed by atoms with van der Waals surface area (Å²) in [7, 11) is 2.61. The highest BCUT2D eigenvalue weighted by Gasteiger charge is 2.21. The molecule has 0 saturated heterocycles. The van der Waals surface area contributed by atoms with Crippen molar-refractivity contribution in [3.05, 3.63) is 59.7 Å². The summed E-state index contributed by atoms with van der Waals surface area (Å²) in [4.78, 5) is 0. The lowest BCUT2D eigenvalue weighted by molar-refractivity contribution is 0.0806. The molecule has 0 bridgehead atoms. The number of benzene rings is 2. The number of unbranched alkanes of at least 4 members (excludes halogenated alkanes) is 5. The Hall–Kier alpha value is -2.02. The molecule has 0 unspecified atom stereocenters. The van der Waals surface area contributed by atoms with E-state index in [0.717, 1.165) is 29.0 Å². The van der Waals surface area contributed by atoms with Crippen molar-refractivity contribution in [2.75, 3.05) is 20.8 Å². The predicted octanol–water partition coefficient (Wildman–Crippen LogP) is 5.80. The van der Waals surface area contributed by atoms with Crippen LogP contribution in [0.15, 0.2) is 48.5 Å². The summed E-state index contributed by atoms with van der Waals surface area (Å²) < 4.78 is 28.1. The maximum atomic E-state index is 5.90. The van der Waals surface area contributed by atoms with Crippen molar-refractivity contribution in [2.45, 2.75) is 58.7 Å². The number of methoxy groups -OCH3 is 2. The first kappa shape index (κ1) is 24.3. The maximum absolute atomic E-state index is 5.90. The van der Waals surface area contributed by atoms with Crippen molar-refractivity contribution >= 4 is 7.32 Å². The molecule has 0 saturated carbocycles. The summed E-state index contributed by atoms with van der Waals surface area (Å²) in [5.74, 6) is 1.65. The van der Waals surface area contributed by atoms with E-state index in [1.165, 1.54) is 32.1 Å². The second-order valence-corrected chi connectivity index (χ2v) is 7.25. The Kier molecular flexibility index (Phi) is 12.0. The minimum Gasteiger partial charge on any atom is -0.497 e. The molecule has 30 heavy (non-hydrogen) atoms. The van der Waals surface area contributed by atoms with Crippen molar-refractivity contribution in [2.24, 2.45) is 0 Å². The third-order valence-corrected chi connectivity index (χ3v) is 4.84. The molecule has 0 amide bonds. The smallest absolute Gasteiger partial charge is 0.497 e. The zero-order chi connectivity index (χ0) is 21.4. The summed E-state index contributed by atoms with van der Waals surface area (Å²) in [6.07, 6.45) is 7.29. The molecular formula is C24H35BO5. The van der Waals surface area contributed by atoms with Gasteiger partial charge in [0.25, 0.3) is 0 Å². The van der Waals surface area contributed by atoms with Crippen LogP contribution in [0.25, 0.3) is 0 Å². The van der Waals surface area contributed by atoms with Crippen LogP contribution in [0, 0.1) is 0 Å². The highest BCUT2D eigenvalue weighted by molar-refractivity contribution is 6.36. The van der Waals surface area contributed by atoms with E-state index in [1.807, 2.05) is 48.5 Å². The van der Waals surface area contributed by atoms with Crippen molar-refractivity contribution in [3.8, 4) is 11.5 Å². The fourth-order valence-corrected chi connectivity index (χ4v) is 2.98. The molecule has 0 aromatic heterocycles. The van der Waals surface area contributed by atoms with Gasteiger partial charge in [0.15, 0.2) is 0 Å². The molecule has 0 N–H and O–H groups in total. The van der Waals surface area contributed by atoms with Crippen LogP contribution in [0.4, 0.5) is 0 Å². The Morgan fingerprint density at radius 2 is 1.07 bits per heavy atom. The average molecular weight is 414 g/mol. The van der Waals surface area contributed by atoms with E-state index >= 15 is 0 Å². The van der Waals surface area contributed by atoms with Gasteiger partial charge in [-0.2, -0.15) is 0 Å². The van der Waals surface area contributed by atoms with Crippen LogP contribution in [0.2, 0.25) is 0 Å². The van der Waals surface area contributed by atoms with Gasteiger partial charge in [-0.05, 0) is 41.8 Å². The van der Waals surface area contributed by atoms with Gasteiger partial charge in [0.05, 0.1) is 27.4 Å². The van der Waals surface area contributed by atoms with Gasteiger partial charge in [-0.1, -0.05) is 63.3 Å². The van der Waals surface area contributed by atoms with Crippen LogP contribution in [0.3, 0.4) is 0 Å². The highest BCUT2D eigenvalue weighted by Crippen LogP contribution is 2.15. The number of ether oxygens (including phenoxy) is 2. The first-order valence-corrected chi connectivity index (χ1v) is 10.9. The Labute approximate surface area is 181 Å². The van der Waals surface area contributed by atoms with E-state index in [1.54, 1.807) is 14.2 Å². The summed E-state index contributed by atoms with van der Waals surface area (Å²) in [6.45, 7) is 3.68. The molecular weight excluding hydrogens is 379 g/mol. The molecule has 0 aliphatic carbocycles. The van der Waals surface area contributed by atoms with Gasteiger partial charge in [0, 0.05) is 6.61 Å². The van der Waals surface area contributed by atoms with Crippen LogP contribution in [-0.2, 0) is 27.2 Å². The number of hydrogen-bond acceptors (Lipinski definition) is 5. The third kappa shape index (κ3) is 9.66. The van der Waals surface area contributed by atoms with Crippen molar-refractivity contribution in [1.82, 2.24) is 0 Å². The first-order chi connectivity index (χ1) is 14.7. The summed E-state index contributed by atoms with van der Waals surface area (Å²) in [5.41, 5.74) is 2.08. The lowest BCUT2D eigenvalue weighted by Crippen LogP contribution is -2.27. The summed E-state index contributed by atoms with van der Waals surface area (Å²) >= 11 is 0. The van der Waals surface area contributed by atoms with Crippen molar-refractivity contribution in [3.63, 3.8) is 0 Å². The molecule has 0 atom stereocenters. The Morgan fingerprint density at radius 3 is 1.53 bits per heavy atom. The van der Waals surface area contributed by atoms with Gasteiger partial charge in [-0.15, -0.1) is 0 Å². The molecule has 0 heterocycles. The molecule has 2 rings (SSSR count). The Balaban J connectivity index is 1.80. The van der Waals surface area contributed by atoms with Crippen LogP contribution < -0.4 is 9.47 Å². The maximum Gasteiger partial charge on any atom is 0.639 e. The quantitative estimate of drug-likeness (QED) is 0.257. The fraction of sp³-hybridized carbons (Fsp3) is 0.500. The van der Waals surface area contributed by atoms with E-state index in [9.17, 15) is 0 Å². The molecule has 0 fully saturated rings. The fourth-order valence-electron chi connectivity index (χ4n) is 2.98. The van der Waals surface area contributed by atoms with Gasteiger partial charge in [-0.25, -0.2) is 0 Å². The van der Waals surface area contributed by atoms with Gasteiger partial charge in [0.1, 0.15) is 11.5 Å². The Morgan fingerprint density at radius 1 is 0.600 bits per heavy atom. The van der Waals surface area contributed by atoms with E-state index in [0.29, 0.717) is 19.8 Å². The molecule has 0 aliphatic rings. The van der Waals surface area contributed by atoms with E-state index in [-0.39, 0.29) is 0 Å². The molecule has 2 aromatic carbocycles. The molecule has 0 spiro atoms. The van der Waals surface area contributed by atoms with E-state index in [4.69, 9.17) is 23.4 Å². The number of hydrogen-bond donors (Lipinski definition) is 0. The SMILES string of the molecule is CCCCCCCCOB(OCc1ccc(OC)cc1)OCc1ccc(OC)cc1. The number of rotatable bonds is 16. The predicted molar refractivity (Wildman–Crippen MR) is 121 cm³/mol. The molecule has 2 aromatic rings. The van der Waals surface area contributed by atoms with Crippen LogP contribution in [0.5, 0.6) is 11.5 Å². The lowest BCUT2D eigenvalue weighted by atomic mass is 10.1. The molecule has 5 nitrogen and oxygen atoms in total. The van der Waals surface area contributed by atoms with Gasteiger partial charge < -0.3 is 23.4 Å². The highest BCUT2D eigenvalue weighted by atomic mass is 16.7. The van der Waals surface area contributed by atoms with Crippen molar-refractivity contribution in [1.29, 1.82) is 0 Å². The molecule has 6 heteroatoms. The standard InChI is InChI=1S/C24H35BO5/c1-4-5-6-7-8-9-18-28-25(29-19-21-10-14-23(26-2)15-11-21)30-20-22-12-16-24(27-3)17-13-22/h10-17H,4-9,18-20H2,1-3H3. The lowest BCUT2D eigenvalue weighted by Gasteiger charge is -2.15. The minimum atomic E-state index is -0.704.